The molecule has 0 radical (unpaired) electrons. The summed E-state index contributed by atoms with van der Waals surface area (Å²) in [5.41, 5.74) is 8.50. The first-order chi connectivity index (χ1) is 6.58. The second kappa shape index (κ2) is 6.18. The van der Waals surface area contributed by atoms with E-state index in [4.69, 9.17) is 11.6 Å². The summed E-state index contributed by atoms with van der Waals surface area (Å²) in [5, 5.41) is 7.07. The van der Waals surface area contributed by atoms with E-state index >= 15 is 0 Å². The van der Waals surface area contributed by atoms with Crippen LogP contribution in [0.4, 0.5) is 0 Å². The molecule has 0 aliphatic heterocycles. The normalized spacial score (nSPS) is 15.1. The fraction of sp³-hybridized carbons (Fsp3) is 0.600. The molecule has 0 fully saturated rings. The number of nitrogens with zero attached hydrogens (tertiary/aromatic N) is 2. The zero-order valence-corrected chi connectivity index (χ0v) is 9.41. The average molecular weight is 196 g/mol. The Morgan fingerprint density at radius 3 is 2.29 bits per heavy atom. The van der Waals surface area contributed by atoms with Gasteiger partial charge in [-0.25, -0.2) is 0 Å². The van der Waals surface area contributed by atoms with Crippen molar-refractivity contribution in [3.05, 3.63) is 23.0 Å². The van der Waals surface area contributed by atoms with Crippen LogP contribution in [-0.2, 0) is 0 Å². The molecule has 0 aliphatic rings. The first-order valence-corrected chi connectivity index (χ1v) is 4.84. The number of nitrogens with two attached hydrogens (primary N) is 2. The van der Waals surface area contributed by atoms with Gasteiger partial charge in [-0.15, -0.1) is 5.11 Å². The Labute approximate surface area is 85.7 Å². The van der Waals surface area contributed by atoms with Gasteiger partial charge in [-0.1, -0.05) is 32.1 Å². The van der Waals surface area contributed by atoms with E-state index in [-0.39, 0.29) is 0 Å². The fourth-order valence-corrected chi connectivity index (χ4v) is 1.35. The molecule has 0 atom stereocenters. The summed E-state index contributed by atoms with van der Waals surface area (Å²) in [5.74, 6) is 5.39. The third-order valence-electron chi connectivity index (χ3n) is 2.07. The average Bonchev–Trinajstić information content (AvgIpc) is 2.14. The summed E-state index contributed by atoms with van der Waals surface area (Å²) in [6.45, 7) is 8.13. The molecule has 14 heavy (non-hydrogen) atoms. The van der Waals surface area contributed by atoms with E-state index in [9.17, 15) is 0 Å². The molecule has 0 unspecified atom stereocenters. The van der Waals surface area contributed by atoms with Gasteiger partial charge in [0.1, 0.15) is 0 Å². The number of hydrogen-bond acceptors (Lipinski definition) is 3. The summed E-state index contributed by atoms with van der Waals surface area (Å²) in [4.78, 5) is 0. The Bertz CT molecular complexity index is 261. The van der Waals surface area contributed by atoms with Gasteiger partial charge < -0.3 is 11.6 Å². The molecule has 0 amide bonds. The maximum atomic E-state index is 5.97. The third-order valence-corrected chi connectivity index (χ3v) is 2.07. The highest BCUT2D eigenvalue weighted by Gasteiger charge is 2.09. The van der Waals surface area contributed by atoms with Crippen LogP contribution in [0, 0.1) is 5.92 Å². The van der Waals surface area contributed by atoms with E-state index in [1.165, 1.54) is 0 Å². The second-order valence-electron chi connectivity index (χ2n) is 3.33. The number of hydrogen-bond donors (Lipinski definition) is 2. The van der Waals surface area contributed by atoms with E-state index in [2.05, 4.69) is 24.2 Å². The highest BCUT2D eigenvalue weighted by atomic mass is 15.3. The predicted molar refractivity (Wildman–Crippen MR) is 59.1 cm³/mol. The zero-order valence-electron chi connectivity index (χ0n) is 9.41. The Morgan fingerprint density at radius 1 is 1.43 bits per heavy atom. The van der Waals surface area contributed by atoms with Crippen molar-refractivity contribution in [2.75, 3.05) is 0 Å². The maximum Gasteiger partial charge on any atom is 0.0876 e. The lowest BCUT2D eigenvalue weighted by Crippen LogP contribution is -2.09. The molecular formula is C10H20N4. The predicted octanol–water partition coefficient (Wildman–Crippen LogP) is 2.49. The van der Waals surface area contributed by atoms with Gasteiger partial charge in [-0.3, -0.25) is 0 Å². The van der Waals surface area contributed by atoms with Gasteiger partial charge in [0.05, 0.1) is 11.4 Å². The Morgan fingerprint density at radius 2 is 2.00 bits per heavy atom. The second-order valence-corrected chi connectivity index (χ2v) is 3.33. The van der Waals surface area contributed by atoms with E-state index in [0.29, 0.717) is 11.6 Å². The van der Waals surface area contributed by atoms with Crippen molar-refractivity contribution < 1.29 is 0 Å². The van der Waals surface area contributed by atoms with Crippen molar-refractivity contribution in [3.8, 4) is 0 Å². The molecule has 80 valence electrons. The van der Waals surface area contributed by atoms with Crippen LogP contribution in [0.5, 0.6) is 0 Å². The van der Waals surface area contributed by atoms with Crippen molar-refractivity contribution >= 4 is 0 Å². The fourth-order valence-electron chi connectivity index (χ4n) is 1.35. The van der Waals surface area contributed by atoms with Gasteiger partial charge >= 0.3 is 0 Å². The molecule has 0 bridgehead atoms. The van der Waals surface area contributed by atoms with Gasteiger partial charge in [-0.05, 0) is 24.8 Å². The number of allylic oxidation sites excluding steroid dienone is 3. The zero-order chi connectivity index (χ0) is 11.1. The van der Waals surface area contributed by atoms with Crippen LogP contribution in [0.2, 0.25) is 0 Å². The van der Waals surface area contributed by atoms with Crippen molar-refractivity contribution in [2.24, 2.45) is 27.8 Å². The van der Waals surface area contributed by atoms with Gasteiger partial charge in [0.25, 0.3) is 0 Å². The molecule has 0 saturated carbocycles. The lowest BCUT2D eigenvalue weighted by Gasteiger charge is -2.13. The topological polar surface area (TPSA) is 76.8 Å². The van der Waals surface area contributed by atoms with Crippen LogP contribution >= 0.6 is 0 Å². The van der Waals surface area contributed by atoms with Gasteiger partial charge in [0.2, 0.25) is 0 Å². The minimum atomic E-state index is 0.384. The standard InChI is InChI=1S/C10H20N4/c1-5-8(7(3)4)10(11)9(6-2)13-14-12/h5,7H,6,11H2,1-4H3,(H2,12,13)/b8-5-,10-9+. The van der Waals surface area contributed by atoms with Gasteiger partial charge in [0, 0.05) is 0 Å². The molecule has 0 aromatic heterocycles. The molecule has 0 heterocycles. The van der Waals surface area contributed by atoms with Crippen molar-refractivity contribution in [1.82, 2.24) is 0 Å². The Kier molecular flexibility index (Phi) is 5.60. The first kappa shape index (κ1) is 12.7. The van der Waals surface area contributed by atoms with Crippen LogP contribution in [-0.4, -0.2) is 0 Å². The molecule has 0 aromatic carbocycles. The third kappa shape index (κ3) is 3.20. The summed E-state index contributed by atoms with van der Waals surface area (Å²) in [6.07, 6.45) is 2.73. The smallest absolute Gasteiger partial charge is 0.0876 e. The summed E-state index contributed by atoms with van der Waals surface area (Å²) < 4.78 is 0. The molecule has 0 saturated heterocycles. The maximum absolute atomic E-state index is 5.97. The molecule has 0 aromatic rings. The largest absolute Gasteiger partial charge is 0.397 e. The van der Waals surface area contributed by atoms with Crippen LogP contribution in [0.1, 0.15) is 34.1 Å². The number of rotatable bonds is 4. The highest BCUT2D eigenvalue weighted by molar-refractivity contribution is 5.33. The van der Waals surface area contributed by atoms with Crippen LogP contribution in [0.15, 0.2) is 33.4 Å². The van der Waals surface area contributed by atoms with E-state index < -0.39 is 0 Å². The molecule has 0 aliphatic carbocycles. The van der Waals surface area contributed by atoms with E-state index in [1.807, 2.05) is 19.9 Å². The Hall–Kier alpha value is -1.32. The van der Waals surface area contributed by atoms with Gasteiger partial charge in [-0.2, -0.15) is 0 Å². The van der Waals surface area contributed by atoms with Crippen molar-refractivity contribution in [3.63, 3.8) is 0 Å². The lowest BCUT2D eigenvalue weighted by molar-refractivity contribution is 0.761. The van der Waals surface area contributed by atoms with Crippen molar-refractivity contribution in [1.29, 1.82) is 0 Å². The minimum Gasteiger partial charge on any atom is -0.397 e. The van der Waals surface area contributed by atoms with Crippen LogP contribution in [0.3, 0.4) is 0 Å². The summed E-state index contributed by atoms with van der Waals surface area (Å²) in [6, 6.07) is 0. The summed E-state index contributed by atoms with van der Waals surface area (Å²) in [7, 11) is 0. The highest BCUT2D eigenvalue weighted by Crippen LogP contribution is 2.20. The quantitative estimate of drug-likeness (QED) is 0.313. The molecule has 4 N–H and O–H groups in total. The van der Waals surface area contributed by atoms with Gasteiger partial charge in [0.15, 0.2) is 0 Å². The minimum absolute atomic E-state index is 0.384. The monoisotopic (exact) mass is 196 g/mol. The Balaban J connectivity index is 5.11. The SMILES string of the molecule is C/C=C(\C(N)=C(\CC)N=NN)C(C)C. The molecule has 4 heteroatoms. The lowest BCUT2D eigenvalue weighted by atomic mass is 9.98. The molecule has 0 spiro atoms. The first-order valence-electron chi connectivity index (χ1n) is 4.84. The molecule has 4 nitrogen and oxygen atoms in total. The van der Waals surface area contributed by atoms with E-state index in [0.717, 1.165) is 17.7 Å². The molecule has 0 rings (SSSR count). The van der Waals surface area contributed by atoms with Crippen LogP contribution < -0.4 is 11.6 Å². The van der Waals surface area contributed by atoms with Crippen LogP contribution in [0.25, 0.3) is 0 Å². The van der Waals surface area contributed by atoms with E-state index in [1.54, 1.807) is 0 Å². The molecular weight excluding hydrogens is 176 g/mol. The summed E-state index contributed by atoms with van der Waals surface area (Å²) >= 11 is 0. The van der Waals surface area contributed by atoms with Crippen molar-refractivity contribution in [2.45, 2.75) is 34.1 Å².